The maximum Gasteiger partial charge on any atom is 0.417 e. The van der Waals surface area contributed by atoms with Gasteiger partial charge < -0.3 is 20.8 Å². The molecule has 28 heavy (non-hydrogen) atoms. The van der Waals surface area contributed by atoms with E-state index in [9.17, 15) is 26.7 Å². The van der Waals surface area contributed by atoms with E-state index >= 15 is 0 Å². The molecule has 0 unspecified atom stereocenters. The van der Waals surface area contributed by atoms with Gasteiger partial charge >= 0.3 is 6.18 Å². The lowest BCUT2D eigenvalue weighted by Gasteiger charge is -2.16. The first-order valence-corrected chi connectivity index (χ1v) is 9.80. The number of primary sulfonamides is 1. The third-order valence-electron chi connectivity index (χ3n) is 3.32. The summed E-state index contributed by atoms with van der Waals surface area (Å²) in [6.07, 6.45) is -3.79. The zero-order valence-electron chi connectivity index (χ0n) is 14.1. The summed E-state index contributed by atoms with van der Waals surface area (Å²) in [4.78, 5) is 6.50. The van der Waals surface area contributed by atoms with Crippen LogP contribution in [0, 0.1) is 0 Å². The van der Waals surface area contributed by atoms with Gasteiger partial charge in [0.05, 0.1) is 16.6 Å². The van der Waals surface area contributed by atoms with Gasteiger partial charge in [-0.1, -0.05) is 0 Å². The van der Waals surface area contributed by atoms with Crippen molar-refractivity contribution in [3.05, 3.63) is 28.4 Å². The molecule has 0 saturated carbocycles. The number of halogens is 4. The van der Waals surface area contributed by atoms with Crippen molar-refractivity contribution in [2.45, 2.75) is 24.0 Å². The Hall–Kier alpha value is -2.16. The Morgan fingerprint density at radius 3 is 2.54 bits per heavy atom. The van der Waals surface area contributed by atoms with Gasteiger partial charge in [0.1, 0.15) is 16.5 Å². The van der Waals surface area contributed by atoms with Gasteiger partial charge in [-0.05, 0) is 28.9 Å². The third-order valence-corrected chi connectivity index (χ3v) is 4.89. The molecule has 0 radical (unpaired) electrons. The van der Waals surface area contributed by atoms with Gasteiger partial charge in [0.25, 0.3) is 0 Å². The lowest BCUT2D eigenvalue weighted by Crippen LogP contribution is -2.21. The van der Waals surface area contributed by atoms with Crippen molar-refractivity contribution >= 4 is 43.4 Å². The first kappa shape index (κ1) is 22.1. The Labute approximate surface area is 166 Å². The van der Waals surface area contributed by atoms with E-state index in [1.54, 1.807) is 6.92 Å². The van der Waals surface area contributed by atoms with Crippen molar-refractivity contribution in [2.75, 3.05) is 17.2 Å². The van der Waals surface area contributed by atoms with E-state index in [2.05, 4.69) is 36.5 Å². The van der Waals surface area contributed by atoms with Crippen LogP contribution in [0.15, 0.2) is 27.7 Å². The molecule has 14 heteroatoms. The predicted molar refractivity (Wildman–Crippen MR) is 97.7 cm³/mol. The number of alkyl halides is 3. The van der Waals surface area contributed by atoms with Crippen LogP contribution in [0.2, 0.25) is 0 Å². The standard InChI is InChI=1S/C14H15BrF3N5O4S/c1-6(5-24)21-12-9(15)4-20-13(23-12)22-7-2-8(14(16,17)18)11(10(25)3-7)28(19,26)27/h2-4,6,24-25H,5H2,1H3,(H2,19,26,27)(H2,20,21,22,23)/t6-/m1/s1. The van der Waals surface area contributed by atoms with Crippen LogP contribution < -0.4 is 15.8 Å². The van der Waals surface area contributed by atoms with Gasteiger partial charge in [-0.3, -0.25) is 0 Å². The van der Waals surface area contributed by atoms with Crippen molar-refractivity contribution in [1.29, 1.82) is 0 Å². The summed E-state index contributed by atoms with van der Waals surface area (Å²) >= 11 is 3.19. The summed E-state index contributed by atoms with van der Waals surface area (Å²) in [7, 11) is -4.83. The highest BCUT2D eigenvalue weighted by Gasteiger charge is 2.38. The fourth-order valence-electron chi connectivity index (χ4n) is 2.13. The highest BCUT2D eigenvalue weighted by atomic mass is 79.9. The molecule has 9 nitrogen and oxygen atoms in total. The number of nitrogens with two attached hydrogens (primary N) is 1. The Morgan fingerprint density at radius 2 is 2.00 bits per heavy atom. The summed E-state index contributed by atoms with van der Waals surface area (Å²) in [6, 6.07) is 0.854. The van der Waals surface area contributed by atoms with Crippen LogP contribution in [0.5, 0.6) is 5.75 Å². The molecule has 1 aromatic heterocycles. The Bertz CT molecular complexity index is 988. The zero-order chi connectivity index (χ0) is 21.3. The first-order chi connectivity index (χ1) is 12.8. The van der Waals surface area contributed by atoms with Gasteiger partial charge in [-0.25, -0.2) is 18.5 Å². The van der Waals surface area contributed by atoms with Crippen LogP contribution in [0.25, 0.3) is 0 Å². The number of sulfonamides is 1. The summed E-state index contributed by atoms with van der Waals surface area (Å²) < 4.78 is 63.1. The quantitative estimate of drug-likeness (QED) is 0.417. The Balaban J connectivity index is 2.48. The first-order valence-electron chi connectivity index (χ1n) is 7.47. The number of nitrogens with zero attached hydrogens (tertiary/aromatic N) is 2. The molecular formula is C14H15BrF3N5O4S. The van der Waals surface area contributed by atoms with Crippen LogP contribution in [-0.4, -0.2) is 41.2 Å². The van der Waals surface area contributed by atoms with Crippen molar-refractivity contribution in [2.24, 2.45) is 5.14 Å². The average molecular weight is 486 g/mol. The van der Waals surface area contributed by atoms with Gasteiger partial charge in [0, 0.05) is 24.0 Å². The fraction of sp³-hybridized carbons (Fsp3) is 0.286. The number of aromatic nitrogens is 2. The molecule has 1 heterocycles. The lowest BCUT2D eigenvalue weighted by atomic mass is 10.1. The molecule has 0 amide bonds. The van der Waals surface area contributed by atoms with E-state index in [-0.39, 0.29) is 30.1 Å². The van der Waals surface area contributed by atoms with E-state index in [4.69, 9.17) is 10.2 Å². The van der Waals surface area contributed by atoms with Crippen molar-refractivity contribution < 1.29 is 31.8 Å². The Kier molecular flexibility index (Phi) is 6.37. The number of benzene rings is 1. The second-order valence-corrected chi connectivity index (χ2v) is 8.01. The minimum atomic E-state index is -5.10. The molecular weight excluding hydrogens is 471 g/mol. The van der Waals surface area contributed by atoms with E-state index in [1.807, 2.05) is 0 Å². The lowest BCUT2D eigenvalue weighted by molar-refractivity contribution is -0.140. The van der Waals surface area contributed by atoms with Crippen LogP contribution in [-0.2, 0) is 16.2 Å². The van der Waals surface area contributed by atoms with E-state index in [1.165, 1.54) is 6.20 Å². The van der Waals surface area contributed by atoms with E-state index < -0.39 is 32.4 Å². The molecule has 2 aromatic rings. The highest BCUT2D eigenvalue weighted by molar-refractivity contribution is 9.10. The number of hydrogen-bond acceptors (Lipinski definition) is 8. The van der Waals surface area contributed by atoms with Gasteiger partial charge in [0.2, 0.25) is 16.0 Å². The fourth-order valence-corrected chi connectivity index (χ4v) is 3.27. The maximum absolute atomic E-state index is 13.2. The molecule has 1 aromatic carbocycles. The zero-order valence-corrected chi connectivity index (χ0v) is 16.5. The predicted octanol–water partition coefficient (Wildman–Crippen LogP) is 2.15. The number of anilines is 3. The number of rotatable bonds is 6. The molecule has 0 fully saturated rings. The molecule has 2 rings (SSSR count). The largest absolute Gasteiger partial charge is 0.506 e. The van der Waals surface area contributed by atoms with Crippen molar-refractivity contribution in [3.8, 4) is 5.75 Å². The third kappa shape index (κ3) is 5.21. The van der Waals surface area contributed by atoms with Gasteiger partial charge in [-0.2, -0.15) is 18.2 Å². The summed E-state index contributed by atoms with van der Waals surface area (Å²) in [5, 5.41) is 29.0. The molecule has 0 spiro atoms. The minimum absolute atomic E-state index is 0.147. The van der Waals surface area contributed by atoms with E-state index in [0.717, 1.165) is 6.07 Å². The minimum Gasteiger partial charge on any atom is -0.506 e. The number of aliphatic hydroxyl groups is 1. The van der Waals surface area contributed by atoms with E-state index in [0.29, 0.717) is 10.5 Å². The maximum atomic E-state index is 13.2. The summed E-state index contributed by atoms with van der Waals surface area (Å²) in [5.41, 5.74) is -1.96. The molecule has 0 aliphatic heterocycles. The number of aromatic hydroxyl groups is 1. The van der Waals surface area contributed by atoms with Crippen LogP contribution in [0.3, 0.4) is 0 Å². The van der Waals surface area contributed by atoms with Crippen molar-refractivity contribution in [1.82, 2.24) is 9.97 Å². The van der Waals surface area contributed by atoms with Crippen LogP contribution >= 0.6 is 15.9 Å². The topological polar surface area (TPSA) is 150 Å². The monoisotopic (exact) mass is 485 g/mol. The Morgan fingerprint density at radius 1 is 1.36 bits per heavy atom. The molecule has 0 aliphatic rings. The molecule has 0 saturated heterocycles. The number of aliphatic hydroxyl groups excluding tert-OH is 1. The molecule has 0 aliphatic carbocycles. The number of phenolic OH excluding ortho intramolecular Hbond substituents is 1. The second kappa shape index (κ2) is 8.06. The summed E-state index contributed by atoms with van der Waals surface area (Å²) in [5.74, 6) is -1.07. The highest BCUT2D eigenvalue weighted by Crippen LogP contribution is 2.40. The number of phenols is 1. The van der Waals surface area contributed by atoms with Crippen LogP contribution in [0.4, 0.5) is 30.6 Å². The molecule has 154 valence electrons. The average Bonchev–Trinajstić information content (AvgIpc) is 2.55. The normalized spacial score (nSPS) is 13.2. The van der Waals surface area contributed by atoms with Gasteiger partial charge in [-0.15, -0.1) is 0 Å². The van der Waals surface area contributed by atoms with Crippen molar-refractivity contribution in [3.63, 3.8) is 0 Å². The molecule has 6 N–H and O–H groups in total. The summed E-state index contributed by atoms with van der Waals surface area (Å²) in [6.45, 7) is 1.47. The molecule has 1 atom stereocenters. The molecule has 0 bridgehead atoms. The number of nitrogens with one attached hydrogen (secondary N) is 2. The SMILES string of the molecule is C[C@H](CO)Nc1nc(Nc2cc(O)c(S(N)(=O)=O)c(C(F)(F)F)c2)ncc1Br. The second-order valence-electron chi connectivity index (χ2n) is 5.66. The smallest absolute Gasteiger partial charge is 0.417 e. The van der Waals surface area contributed by atoms with Gasteiger partial charge in [0.15, 0.2) is 0 Å². The number of hydrogen-bond donors (Lipinski definition) is 5. The van der Waals surface area contributed by atoms with Crippen LogP contribution in [0.1, 0.15) is 12.5 Å².